The predicted octanol–water partition coefficient (Wildman–Crippen LogP) is 1.18. The van der Waals surface area contributed by atoms with E-state index in [0.717, 1.165) is 16.5 Å². The lowest BCUT2D eigenvalue weighted by Crippen LogP contribution is -2.23. The smallest absolute Gasteiger partial charge is 0.105 e. The highest BCUT2D eigenvalue weighted by molar-refractivity contribution is 5.80. The number of benzene rings is 1. The minimum absolute atomic E-state index is 0.532. The highest BCUT2D eigenvalue weighted by Gasteiger charge is 2.18. The predicted molar refractivity (Wildman–Crippen MR) is 72.4 cm³/mol. The summed E-state index contributed by atoms with van der Waals surface area (Å²) in [5, 5.41) is 24.0. The molecule has 0 spiro atoms. The van der Waals surface area contributed by atoms with Crippen LogP contribution in [0.15, 0.2) is 30.5 Å². The van der Waals surface area contributed by atoms with Crippen molar-refractivity contribution in [3.63, 3.8) is 0 Å². The third kappa shape index (κ3) is 2.56. The van der Waals surface area contributed by atoms with E-state index < -0.39 is 12.2 Å². The molecule has 2 unspecified atom stereocenters. The second-order valence-electron chi connectivity index (χ2n) is 4.65. The van der Waals surface area contributed by atoms with Gasteiger partial charge in [-0.1, -0.05) is 6.07 Å². The van der Waals surface area contributed by atoms with Gasteiger partial charge < -0.3 is 20.1 Å². The van der Waals surface area contributed by atoms with E-state index in [1.165, 1.54) is 0 Å². The molecule has 2 rings (SSSR count). The number of nitrogens with one attached hydrogen (secondary N) is 1. The Morgan fingerprint density at radius 2 is 2.06 bits per heavy atom. The zero-order chi connectivity index (χ0) is 13.1. The van der Waals surface area contributed by atoms with Crippen molar-refractivity contribution < 1.29 is 10.2 Å². The maximum absolute atomic E-state index is 10.1. The first kappa shape index (κ1) is 13.1. The number of aliphatic hydroxyl groups is 2. The van der Waals surface area contributed by atoms with E-state index in [4.69, 9.17) is 0 Å². The summed E-state index contributed by atoms with van der Waals surface area (Å²) < 4.78 is 2.03. The molecule has 0 saturated heterocycles. The molecule has 4 heteroatoms. The molecule has 1 heterocycles. The summed E-state index contributed by atoms with van der Waals surface area (Å²) in [7, 11) is 3.81. The van der Waals surface area contributed by atoms with E-state index in [-0.39, 0.29) is 0 Å². The summed E-state index contributed by atoms with van der Waals surface area (Å²) in [5.41, 5.74) is 1.88. The number of hydrogen-bond acceptors (Lipinski definition) is 3. The second-order valence-corrected chi connectivity index (χ2v) is 4.65. The molecule has 0 aliphatic rings. The van der Waals surface area contributed by atoms with Crippen molar-refractivity contribution in [1.29, 1.82) is 0 Å². The summed E-state index contributed by atoms with van der Waals surface area (Å²) in [6, 6.07) is 7.78. The Morgan fingerprint density at radius 1 is 1.28 bits per heavy atom. The van der Waals surface area contributed by atoms with Gasteiger partial charge in [-0.3, -0.25) is 0 Å². The van der Waals surface area contributed by atoms with Gasteiger partial charge in [-0.25, -0.2) is 0 Å². The van der Waals surface area contributed by atoms with Gasteiger partial charge in [-0.05, 0) is 49.2 Å². The molecule has 0 aliphatic carbocycles. The van der Waals surface area contributed by atoms with Gasteiger partial charge in [-0.2, -0.15) is 0 Å². The first-order valence-corrected chi connectivity index (χ1v) is 6.19. The highest BCUT2D eigenvalue weighted by Crippen LogP contribution is 2.23. The number of fused-ring (bicyclic) bond motifs is 1. The number of aromatic nitrogens is 1. The van der Waals surface area contributed by atoms with Gasteiger partial charge >= 0.3 is 0 Å². The minimum Gasteiger partial charge on any atom is -0.390 e. The van der Waals surface area contributed by atoms with E-state index in [2.05, 4.69) is 5.32 Å². The number of aliphatic hydroxyl groups excluding tert-OH is 2. The zero-order valence-electron chi connectivity index (χ0n) is 10.8. The van der Waals surface area contributed by atoms with Gasteiger partial charge in [0.25, 0.3) is 0 Å². The average Bonchev–Trinajstić information content (AvgIpc) is 2.76. The molecule has 0 bridgehead atoms. The summed E-state index contributed by atoms with van der Waals surface area (Å²) in [6.07, 6.45) is 0.949. The van der Waals surface area contributed by atoms with Crippen LogP contribution in [-0.4, -0.2) is 34.5 Å². The van der Waals surface area contributed by atoms with Gasteiger partial charge in [0.1, 0.15) is 6.10 Å². The Bertz CT molecular complexity index is 521. The number of hydrogen-bond donors (Lipinski definition) is 3. The zero-order valence-corrected chi connectivity index (χ0v) is 10.8. The molecule has 0 radical (unpaired) electrons. The standard InChI is InChI=1S/C14H20N2O2/c1-15-7-5-13(17)14(18)11-3-4-12-10(9-11)6-8-16(12)2/h3-4,6,8-9,13-15,17-18H,5,7H2,1-2H3. The van der Waals surface area contributed by atoms with Crippen LogP contribution in [0.25, 0.3) is 10.9 Å². The van der Waals surface area contributed by atoms with Crippen molar-refractivity contribution in [1.82, 2.24) is 9.88 Å². The maximum atomic E-state index is 10.1. The van der Waals surface area contributed by atoms with Crippen molar-refractivity contribution in [2.75, 3.05) is 13.6 Å². The third-order valence-electron chi connectivity index (χ3n) is 3.31. The lowest BCUT2D eigenvalue weighted by Gasteiger charge is -2.18. The van der Waals surface area contributed by atoms with Crippen LogP contribution in [-0.2, 0) is 7.05 Å². The summed E-state index contributed by atoms with van der Waals surface area (Å²) in [4.78, 5) is 0. The monoisotopic (exact) mass is 248 g/mol. The van der Waals surface area contributed by atoms with Crippen molar-refractivity contribution in [3.8, 4) is 0 Å². The quantitative estimate of drug-likeness (QED) is 0.745. The summed E-state index contributed by atoms with van der Waals surface area (Å²) in [5.74, 6) is 0. The number of nitrogens with zero attached hydrogens (tertiary/aromatic N) is 1. The van der Waals surface area contributed by atoms with Crippen LogP contribution in [0.2, 0.25) is 0 Å². The largest absolute Gasteiger partial charge is 0.390 e. The van der Waals surface area contributed by atoms with E-state index in [1.807, 2.05) is 49.1 Å². The Morgan fingerprint density at radius 3 is 2.78 bits per heavy atom. The van der Waals surface area contributed by atoms with Crippen molar-refractivity contribution >= 4 is 10.9 Å². The van der Waals surface area contributed by atoms with Crippen molar-refractivity contribution in [2.24, 2.45) is 7.05 Å². The topological polar surface area (TPSA) is 57.4 Å². The molecule has 3 N–H and O–H groups in total. The molecule has 2 atom stereocenters. The fourth-order valence-electron chi connectivity index (χ4n) is 2.16. The highest BCUT2D eigenvalue weighted by atomic mass is 16.3. The fraction of sp³-hybridized carbons (Fsp3) is 0.429. The Kier molecular flexibility index (Phi) is 4.01. The molecule has 18 heavy (non-hydrogen) atoms. The average molecular weight is 248 g/mol. The van der Waals surface area contributed by atoms with Crippen LogP contribution in [0.5, 0.6) is 0 Å². The van der Waals surface area contributed by atoms with Gasteiger partial charge in [-0.15, -0.1) is 0 Å². The van der Waals surface area contributed by atoms with Crippen molar-refractivity contribution in [2.45, 2.75) is 18.6 Å². The second kappa shape index (κ2) is 5.52. The summed E-state index contributed by atoms with van der Waals surface area (Å²) in [6.45, 7) is 0.686. The molecule has 0 fully saturated rings. The van der Waals surface area contributed by atoms with Crippen LogP contribution in [0, 0.1) is 0 Å². The first-order chi connectivity index (χ1) is 8.63. The molecular formula is C14H20N2O2. The molecule has 0 aliphatic heterocycles. The molecule has 0 saturated carbocycles. The number of rotatable bonds is 5. The molecule has 1 aromatic carbocycles. The van der Waals surface area contributed by atoms with Crippen LogP contribution in [0.1, 0.15) is 18.1 Å². The number of aryl methyl sites for hydroxylation is 1. The molecule has 98 valence electrons. The normalized spacial score (nSPS) is 14.9. The maximum Gasteiger partial charge on any atom is 0.105 e. The van der Waals surface area contributed by atoms with Crippen LogP contribution in [0.4, 0.5) is 0 Å². The van der Waals surface area contributed by atoms with Gasteiger partial charge in [0.2, 0.25) is 0 Å². The van der Waals surface area contributed by atoms with Gasteiger partial charge in [0, 0.05) is 18.8 Å². The van der Waals surface area contributed by atoms with Gasteiger partial charge in [0.15, 0.2) is 0 Å². The fourth-order valence-corrected chi connectivity index (χ4v) is 2.16. The first-order valence-electron chi connectivity index (χ1n) is 6.19. The van der Waals surface area contributed by atoms with E-state index in [0.29, 0.717) is 13.0 Å². The van der Waals surface area contributed by atoms with Crippen LogP contribution >= 0.6 is 0 Å². The SMILES string of the molecule is CNCCC(O)C(O)c1ccc2c(ccn2C)c1. The minimum atomic E-state index is -0.831. The van der Waals surface area contributed by atoms with Crippen LogP contribution in [0.3, 0.4) is 0 Å². The summed E-state index contributed by atoms with van der Waals surface area (Å²) >= 11 is 0. The lowest BCUT2D eigenvalue weighted by molar-refractivity contribution is 0.0141. The van der Waals surface area contributed by atoms with Gasteiger partial charge in [0.05, 0.1) is 6.10 Å². The molecular weight excluding hydrogens is 228 g/mol. The molecule has 1 aromatic heterocycles. The van der Waals surface area contributed by atoms with Crippen molar-refractivity contribution in [3.05, 3.63) is 36.0 Å². The third-order valence-corrected chi connectivity index (χ3v) is 3.31. The lowest BCUT2D eigenvalue weighted by atomic mass is 10.0. The Labute approximate surface area is 107 Å². The Hall–Kier alpha value is -1.36. The Balaban J connectivity index is 2.19. The van der Waals surface area contributed by atoms with E-state index in [9.17, 15) is 10.2 Å². The molecule has 4 nitrogen and oxygen atoms in total. The van der Waals surface area contributed by atoms with E-state index >= 15 is 0 Å². The molecule has 0 amide bonds. The van der Waals surface area contributed by atoms with Crippen LogP contribution < -0.4 is 5.32 Å². The molecule has 2 aromatic rings. The van der Waals surface area contributed by atoms with E-state index in [1.54, 1.807) is 0 Å².